The molecule has 0 N–H and O–H groups in total. The molecule has 0 aromatic heterocycles. The molecule has 0 fully saturated rings. The minimum atomic E-state index is -5.33. The molecular weight excluding hydrogens is 197 g/mol. The number of halogens is 2. The third-order valence-corrected chi connectivity index (χ3v) is 3.96. The summed E-state index contributed by atoms with van der Waals surface area (Å²) in [6, 6.07) is 6.25. The fourth-order valence-electron chi connectivity index (χ4n) is 1.12. The molecule has 1 aromatic carbocycles. The summed E-state index contributed by atoms with van der Waals surface area (Å²) in [5.41, 5.74) is 0. The first-order chi connectivity index (χ1) is 6.02. The van der Waals surface area contributed by atoms with Crippen LogP contribution in [0, 0.1) is 0 Å². The third-order valence-electron chi connectivity index (χ3n) is 1.88. The zero-order valence-corrected chi connectivity index (χ0v) is 7.93. The number of benzene rings is 1. The van der Waals surface area contributed by atoms with Gasteiger partial charge in [-0.25, -0.2) is 0 Å². The van der Waals surface area contributed by atoms with Crippen molar-refractivity contribution in [2.45, 2.75) is 6.92 Å². The predicted molar refractivity (Wildman–Crippen MR) is 47.4 cm³/mol. The molecule has 1 heterocycles. The summed E-state index contributed by atoms with van der Waals surface area (Å²) in [4.78, 5) is 0. The number of para-hydroxylation sites is 2. The summed E-state index contributed by atoms with van der Waals surface area (Å²) >= 11 is 0. The molecule has 0 saturated carbocycles. The molecule has 0 bridgehead atoms. The average molecular weight is 206 g/mol. The summed E-state index contributed by atoms with van der Waals surface area (Å²) in [6.45, 7) is 1.36. The summed E-state index contributed by atoms with van der Waals surface area (Å²) in [5.74, 6) is 0.291. The summed E-state index contributed by atoms with van der Waals surface area (Å²) in [6.07, 6.45) is -0.389. The molecule has 0 atom stereocenters. The molecule has 5 heteroatoms. The van der Waals surface area contributed by atoms with Gasteiger partial charge in [0.05, 0.1) is 0 Å². The second-order valence-electron chi connectivity index (χ2n) is 2.86. The van der Waals surface area contributed by atoms with Crippen LogP contribution in [0.5, 0.6) is 11.5 Å². The Bertz CT molecular complexity index is 325. The van der Waals surface area contributed by atoms with Crippen molar-refractivity contribution in [3.8, 4) is 11.5 Å². The average Bonchev–Trinajstić information content (AvgIpc) is 2.37. The predicted octanol–water partition coefficient (Wildman–Crippen LogP) is 3.63. The molecule has 1 aromatic rings. The van der Waals surface area contributed by atoms with Gasteiger partial charge < -0.3 is 0 Å². The van der Waals surface area contributed by atoms with E-state index in [4.69, 9.17) is 0 Å². The fraction of sp³-hybridized carbons (Fsp3) is 0.250. The first-order valence-corrected chi connectivity index (χ1v) is 6.00. The molecule has 2 rings (SSSR count). The molecule has 0 saturated heterocycles. The van der Waals surface area contributed by atoms with E-state index in [0.29, 0.717) is 0 Å². The van der Waals surface area contributed by atoms with Crippen molar-refractivity contribution in [3.05, 3.63) is 24.3 Å². The van der Waals surface area contributed by atoms with Crippen LogP contribution in [0.2, 0.25) is 0 Å². The Labute approximate surface area is 74.8 Å². The van der Waals surface area contributed by atoms with E-state index in [9.17, 15) is 8.39 Å². The van der Waals surface area contributed by atoms with Crippen LogP contribution in [-0.4, -0.2) is 6.16 Å². The van der Waals surface area contributed by atoms with Crippen LogP contribution < -0.4 is 9.05 Å². The molecule has 0 amide bonds. The van der Waals surface area contributed by atoms with E-state index in [0.717, 1.165) is 0 Å². The van der Waals surface area contributed by atoms with Crippen LogP contribution in [0.3, 0.4) is 0 Å². The first kappa shape index (κ1) is 8.70. The molecule has 13 heavy (non-hydrogen) atoms. The SMILES string of the molecule is CCP1(F)(F)Oc2ccccc2O1. The molecule has 0 aliphatic carbocycles. The van der Waals surface area contributed by atoms with Crippen molar-refractivity contribution < 1.29 is 17.4 Å². The monoisotopic (exact) mass is 206 g/mol. The zero-order chi connectivity index (χ0) is 9.55. The molecule has 2 nitrogen and oxygen atoms in total. The van der Waals surface area contributed by atoms with Crippen LogP contribution in [0.25, 0.3) is 0 Å². The van der Waals surface area contributed by atoms with E-state index in [1.165, 1.54) is 19.1 Å². The van der Waals surface area contributed by atoms with E-state index in [1.54, 1.807) is 12.1 Å². The Morgan fingerprint density at radius 3 is 2.00 bits per heavy atom. The molecular formula is C8H9F2O2P. The van der Waals surface area contributed by atoms with Gasteiger partial charge in [0.15, 0.2) is 0 Å². The Morgan fingerprint density at radius 2 is 1.62 bits per heavy atom. The van der Waals surface area contributed by atoms with E-state index >= 15 is 0 Å². The summed E-state index contributed by atoms with van der Waals surface area (Å²) in [5, 5.41) is 0. The van der Waals surface area contributed by atoms with Crippen LogP contribution in [0.4, 0.5) is 8.39 Å². The fourth-order valence-corrected chi connectivity index (χ4v) is 2.45. The van der Waals surface area contributed by atoms with Gasteiger partial charge in [-0.15, -0.1) is 0 Å². The van der Waals surface area contributed by atoms with Crippen molar-refractivity contribution in [1.82, 2.24) is 0 Å². The minimum absolute atomic E-state index is 0.145. The van der Waals surface area contributed by atoms with Gasteiger partial charge in [-0.1, -0.05) is 0 Å². The van der Waals surface area contributed by atoms with Gasteiger partial charge in [0, 0.05) is 0 Å². The van der Waals surface area contributed by atoms with Gasteiger partial charge in [-0.2, -0.15) is 0 Å². The van der Waals surface area contributed by atoms with Crippen LogP contribution in [-0.2, 0) is 0 Å². The van der Waals surface area contributed by atoms with E-state index in [2.05, 4.69) is 9.05 Å². The maximum atomic E-state index is 13.5. The van der Waals surface area contributed by atoms with E-state index < -0.39 is 7.68 Å². The molecule has 1 aliphatic rings. The van der Waals surface area contributed by atoms with Gasteiger partial charge in [0.1, 0.15) is 0 Å². The van der Waals surface area contributed by atoms with Crippen molar-refractivity contribution >= 4 is 7.68 Å². The molecule has 72 valence electrons. The Balaban J connectivity index is 2.42. The Kier molecular flexibility index (Phi) is 1.55. The molecule has 0 radical (unpaired) electrons. The third kappa shape index (κ3) is 1.35. The molecule has 0 spiro atoms. The topological polar surface area (TPSA) is 18.5 Å². The van der Waals surface area contributed by atoms with Crippen LogP contribution >= 0.6 is 7.68 Å². The van der Waals surface area contributed by atoms with Crippen LogP contribution in [0.15, 0.2) is 24.3 Å². The molecule has 0 unspecified atom stereocenters. The number of hydrogen-bond acceptors (Lipinski definition) is 2. The van der Waals surface area contributed by atoms with Crippen molar-refractivity contribution in [2.24, 2.45) is 0 Å². The number of fused-ring (bicyclic) bond motifs is 1. The summed E-state index contributed by atoms with van der Waals surface area (Å²) in [7, 11) is -5.33. The number of hydrogen-bond donors (Lipinski definition) is 0. The Hall–Kier alpha value is -0.890. The maximum absolute atomic E-state index is 13.5. The second kappa shape index (κ2) is 2.32. The van der Waals surface area contributed by atoms with Gasteiger partial charge in [0.25, 0.3) is 0 Å². The molecule has 1 aliphatic heterocycles. The second-order valence-corrected chi connectivity index (χ2v) is 5.68. The first-order valence-electron chi connectivity index (χ1n) is 3.96. The van der Waals surface area contributed by atoms with Crippen LogP contribution in [0.1, 0.15) is 6.92 Å². The van der Waals surface area contributed by atoms with Gasteiger partial charge in [-0.05, 0) is 0 Å². The van der Waals surface area contributed by atoms with Crippen molar-refractivity contribution in [1.29, 1.82) is 0 Å². The normalized spacial score (nSPS) is 24.7. The van der Waals surface area contributed by atoms with Gasteiger partial charge in [-0.3, -0.25) is 0 Å². The quantitative estimate of drug-likeness (QED) is 0.653. The Morgan fingerprint density at radius 1 is 1.15 bits per heavy atom. The summed E-state index contributed by atoms with van der Waals surface area (Å²) < 4.78 is 36.3. The van der Waals surface area contributed by atoms with E-state index in [-0.39, 0.29) is 17.7 Å². The van der Waals surface area contributed by atoms with E-state index in [1.807, 2.05) is 0 Å². The van der Waals surface area contributed by atoms with Crippen molar-refractivity contribution in [3.63, 3.8) is 0 Å². The van der Waals surface area contributed by atoms with Crippen molar-refractivity contribution in [2.75, 3.05) is 6.16 Å². The number of rotatable bonds is 1. The standard InChI is InChI=1S/C8H9F2O2P/c1-2-13(9,10)11-7-5-3-4-6-8(7)12-13/h3-6H,2H2,1H3. The zero-order valence-electron chi connectivity index (χ0n) is 7.04. The van der Waals surface area contributed by atoms with Gasteiger partial charge in [0.2, 0.25) is 0 Å². The van der Waals surface area contributed by atoms with Gasteiger partial charge >= 0.3 is 74.0 Å².